The van der Waals surface area contributed by atoms with Gasteiger partial charge in [0.2, 0.25) is 0 Å². The number of hydrogen-bond acceptors (Lipinski definition) is 1. The summed E-state index contributed by atoms with van der Waals surface area (Å²) in [7, 11) is 0. The largest absolute Gasteiger partial charge is 0.300 e. The molecular weight excluding hydrogens is 219 g/mol. The van der Waals surface area contributed by atoms with Crippen molar-refractivity contribution in [1.29, 1.82) is 0 Å². The van der Waals surface area contributed by atoms with Gasteiger partial charge in [0, 0.05) is 5.92 Å². The molecule has 1 saturated carbocycles. The summed E-state index contributed by atoms with van der Waals surface area (Å²) < 4.78 is 0. The molecule has 1 aromatic carbocycles. The molecule has 0 radical (unpaired) electrons. The fourth-order valence-electron chi connectivity index (χ4n) is 1.79. The molecule has 1 fully saturated rings. The maximum atomic E-state index is 11.1. The average Bonchev–Trinajstić information content (AvgIpc) is 2.89. The molecule has 2 atom stereocenters. The van der Waals surface area contributed by atoms with E-state index in [0.29, 0.717) is 16.0 Å². The number of carbonyl (C=O) groups excluding carboxylic acids is 1. The molecule has 0 N–H and O–H groups in total. The smallest absolute Gasteiger partial charge is 0.133 e. The van der Waals surface area contributed by atoms with Crippen LogP contribution in [0.4, 0.5) is 0 Å². The third kappa shape index (κ3) is 1.67. The highest BCUT2D eigenvalue weighted by Gasteiger charge is 2.42. The molecular formula is C11H10Cl2O. The molecule has 0 saturated heterocycles. The van der Waals surface area contributed by atoms with Crippen molar-refractivity contribution in [1.82, 2.24) is 0 Å². The van der Waals surface area contributed by atoms with Gasteiger partial charge in [-0.2, -0.15) is 0 Å². The van der Waals surface area contributed by atoms with Gasteiger partial charge in [0.1, 0.15) is 5.78 Å². The summed E-state index contributed by atoms with van der Waals surface area (Å²) in [5.74, 6) is 0.690. The second-order valence-corrected chi connectivity index (χ2v) is 4.49. The maximum absolute atomic E-state index is 11.1. The monoisotopic (exact) mass is 228 g/mol. The fraction of sp³-hybridized carbons (Fsp3) is 0.364. The average molecular weight is 229 g/mol. The molecule has 0 bridgehead atoms. The normalized spacial score (nSPS) is 24.8. The summed E-state index contributed by atoms with van der Waals surface area (Å²) in [4.78, 5) is 11.1. The first kappa shape index (κ1) is 10.0. The minimum atomic E-state index is 0.158. The van der Waals surface area contributed by atoms with Crippen LogP contribution in [0.3, 0.4) is 0 Å². The van der Waals surface area contributed by atoms with E-state index >= 15 is 0 Å². The molecule has 2 rings (SSSR count). The molecule has 74 valence electrons. The number of benzene rings is 1. The Morgan fingerprint density at radius 1 is 1.43 bits per heavy atom. The van der Waals surface area contributed by atoms with Crippen molar-refractivity contribution in [3.63, 3.8) is 0 Å². The minimum Gasteiger partial charge on any atom is -0.300 e. The Bertz CT molecular complexity index is 387. The SMILES string of the molecule is CC(=O)C1CC1c1cccc(Cl)c1Cl. The van der Waals surface area contributed by atoms with Crippen LogP contribution in [0.2, 0.25) is 10.0 Å². The molecule has 0 heterocycles. The predicted molar refractivity (Wildman–Crippen MR) is 58.0 cm³/mol. The molecule has 1 nitrogen and oxygen atoms in total. The first-order valence-electron chi connectivity index (χ1n) is 4.55. The highest BCUT2D eigenvalue weighted by atomic mass is 35.5. The zero-order chi connectivity index (χ0) is 10.3. The number of ketones is 1. The van der Waals surface area contributed by atoms with Gasteiger partial charge in [-0.05, 0) is 30.9 Å². The number of Topliss-reactive ketones (excluding diaryl/α,β-unsaturated/α-hetero) is 1. The van der Waals surface area contributed by atoms with Crippen LogP contribution < -0.4 is 0 Å². The Kier molecular flexibility index (Phi) is 2.54. The van der Waals surface area contributed by atoms with E-state index in [1.54, 1.807) is 13.0 Å². The lowest BCUT2D eigenvalue weighted by molar-refractivity contribution is -0.118. The minimum absolute atomic E-state index is 0.158. The number of rotatable bonds is 2. The van der Waals surface area contributed by atoms with E-state index in [-0.39, 0.29) is 11.7 Å². The van der Waals surface area contributed by atoms with Gasteiger partial charge in [0.25, 0.3) is 0 Å². The summed E-state index contributed by atoms with van der Waals surface area (Å²) >= 11 is 12.0. The van der Waals surface area contributed by atoms with Crippen LogP contribution in [-0.2, 0) is 4.79 Å². The molecule has 0 spiro atoms. The van der Waals surface area contributed by atoms with Crippen LogP contribution in [0, 0.1) is 5.92 Å². The first-order valence-corrected chi connectivity index (χ1v) is 5.31. The van der Waals surface area contributed by atoms with E-state index in [0.717, 1.165) is 12.0 Å². The van der Waals surface area contributed by atoms with Crippen LogP contribution in [0.25, 0.3) is 0 Å². The van der Waals surface area contributed by atoms with Gasteiger partial charge in [-0.1, -0.05) is 35.3 Å². The summed E-state index contributed by atoms with van der Waals surface area (Å²) in [5.41, 5.74) is 1.01. The summed E-state index contributed by atoms with van der Waals surface area (Å²) in [6.07, 6.45) is 0.912. The van der Waals surface area contributed by atoms with Crippen molar-refractivity contribution in [2.24, 2.45) is 5.92 Å². The molecule has 3 heteroatoms. The highest BCUT2D eigenvalue weighted by molar-refractivity contribution is 6.42. The quantitative estimate of drug-likeness (QED) is 0.755. The molecule has 1 aliphatic rings. The van der Waals surface area contributed by atoms with Crippen molar-refractivity contribution in [3.05, 3.63) is 33.8 Å². The van der Waals surface area contributed by atoms with Gasteiger partial charge in [0.15, 0.2) is 0 Å². The Hall–Kier alpha value is -0.530. The zero-order valence-electron chi connectivity index (χ0n) is 7.76. The molecule has 0 aliphatic heterocycles. The lowest BCUT2D eigenvalue weighted by Crippen LogP contribution is -1.95. The first-order chi connectivity index (χ1) is 6.61. The number of halogens is 2. The Morgan fingerprint density at radius 2 is 2.14 bits per heavy atom. The maximum Gasteiger partial charge on any atom is 0.133 e. The third-order valence-electron chi connectivity index (χ3n) is 2.69. The molecule has 1 aliphatic carbocycles. The Morgan fingerprint density at radius 3 is 2.71 bits per heavy atom. The molecule has 0 amide bonds. The lowest BCUT2D eigenvalue weighted by Gasteiger charge is -2.03. The lowest BCUT2D eigenvalue weighted by atomic mass is 10.1. The number of hydrogen-bond donors (Lipinski definition) is 0. The van der Waals surface area contributed by atoms with Gasteiger partial charge in [-0.25, -0.2) is 0 Å². The van der Waals surface area contributed by atoms with Crippen LogP contribution in [0.5, 0.6) is 0 Å². The second-order valence-electron chi connectivity index (χ2n) is 3.70. The van der Waals surface area contributed by atoms with Crippen LogP contribution in [-0.4, -0.2) is 5.78 Å². The summed E-state index contributed by atoms with van der Waals surface area (Å²) in [6.45, 7) is 1.63. The van der Waals surface area contributed by atoms with Crippen molar-refractivity contribution in [3.8, 4) is 0 Å². The second kappa shape index (κ2) is 3.56. The van der Waals surface area contributed by atoms with Crippen molar-refractivity contribution >= 4 is 29.0 Å². The Balaban J connectivity index is 2.27. The summed E-state index contributed by atoms with van der Waals surface area (Å²) in [6, 6.07) is 5.58. The van der Waals surface area contributed by atoms with E-state index in [4.69, 9.17) is 23.2 Å². The zero-order valence-corrected chi connectivity index (χ0v) is 9.27. The third-order valence-corrected chi connectivity index (χ3v) is 3.53. The van der Waals surface area contributed by atoms with Crippen LogP contribution in [0.15, 0.2) is 18.2 Å². The van der Waals surface area contributed by atoms with Crippen LogP contribution in [0.1, 0.15) is 24.8 Å². The Labute approximate surface area is 93.0 Å². The van der Waals surface area contributed by atoms with Gasteiger partial charge in [-0.15, -0.1) is 0 Å². The molecule has 14 heavy (non-hydrogen) atoms. The standard InChI is InChI=1S/C11H10Cl2O/c1-6(14)8-5-9(8)7-3-2-4-10(12)11(7)13/h2-4,8-9H,5H2,1H3. The van der Waals surface area contributed by atoms with E-state index in [2.05, 4.69) is 0 Å². The predicted octanol–water partition coefficient (Wildman–Crippen LogP) is 3.69. The van der Waals surface area contributed by atoms with Crippen molar-refractivity contribution < 1.29 is 4.79 Å². The van der Waals surface area contributed by atoms with E-state index in [9.17, 15) is 4.79 Å². The molecule has 0 aromatic heterocycles. The van der Waals surface area contributed by atoms with E-state index < -0.39 is 0 Å². The topological polar surface area (TPSA) is 17.1 Å². The summed E-state index contributed by atoms with van der Waals surface area (Å²) in [5, 5.41) is 1.17. The van der Waals surface area contributed by atoms with Crippen molar-refractivity contribution in [2.75, 3.05) is 0 Å². The van der Waals surface area contributed by atoms with E-state index in [1.165, 1.54) is 0 Å². The number of carbonyl (C=O) groups is 1. The van der Waals surface area contributed by atoms with E-state index in [1.807, 2.05) is 12.1 Å². The van der Waals surface area contributed by atoms with Gasteiger partial charge >= 0.3 is 0 Å². The van der Waals surface area contributed by atoms with Crippen molar-refractivity contribution in [2.45, 2.75) is 19.3 Å². The highest BCUT2D eigenvalue weighted by Crippen LogP contribution is 2.50. The molecule has 2 unspecified atom stereocenters. The van der Waals surface area contributed by atoms with Gasteiger partial charge < -0.3 is 0 Å². The fourth-order valence-corrected chi connectivity index (χ4v) is 2.24. The van der Waals surface area contributed by atoms with Gasteiger partial charge in [0.05, 0.1) is 10.0 Å². The molecule has 1 aromatic rings. The van der Waals surface area contributed by atoms with Crippen LogP contribution >= 0.6 is 23.2 Å². The van der Waals surface area contributed by atoms with Gasteiger partial charge in [-0.3, -0.25) is 4.79 Å².